The molecule has 0 amide bonds. The van der Waals surface area contributed by atoms with Crippen molar-refractivity contribution in [3.8, 4) is 0 Å². The zero-order chi connectivity index (χ0) is 16.0. The fourth-order valence-electron chi connectivity index (χ4n) is 2.29. The largest absolute Gasteiger partial charge is 0.530 e. The molecule has 1 N–H and O–H groups in total. The summed E-state index contributed by atoms with van der Waals surface area (Å²) in [5.41, 5.74) is 0. The number of ether oxygens (including phenoxy) is 3. The summed E-state index contributed by atoms with van der Waals surface area (Å²) >= 11 is 0. The van der Waals surface area contributed by atoms with E-state index in [0.29, 0.717) is 6.42 Å². The van der Waals surface area contributed by atoms with Crippen molar-refractivity contribution in [1.82, 2.24) is 0 Å². The minimum Gasteiger partial charge on any atom is -0.499 e. The van der Waals surface area contributed by atoms with Crippen molar-refractivity contribution < 1.29 is 42.2 Å². The molecule has 0 bridgehead atoms. The highest BCUT2D eigenvalue weighted by atomic mass is 31.2. The molecule has 0 aromatic rings. The Morgan fingerprint density at radius 1 is 1.32 bits per heavy atom. The standard InChI is InChI=1S/C12H17O9P/c1-12(2)16-6-7(20-12)9-10(8(13)11(14)19-9)21-22(15)17-4-3-5-18-22/h7,9,13H,3-6H2,1-2H3/t7-,9+/m0/s1. The van der Waals surface area contributed by atoms with Crippen LogP contribution in [0, 0.1) is 0 Å². The summed E-state index contributed by atoms with van der Waals surface area (Å²) in [5, 5.41) is 9.81. The molecular weight excluding hydrogens is 319 g/mol. The van der Waals surface area contributed by atoms with Crippen LogP contribution in [0.5, 0.6) is 0 Å². The van der Waals surface area contributed by atoms with Gasteiger partial charge in [0.25, 0.3) is 0 Å². The second-order valence-corrected chi connectivity index (χ2v) is 7.06. The second-order valence-electron chi connectivity index (χ2n) is 5.46. The van der Waals surface area contributed by atoms with Gasteiger partial charge in [-0.2, -0.15) is 0 Å². The van der Waals surface area contributed by atoms with Crippen LogP contribution >= 0.6 is 7.82 Å². The van der Waals surface area contributed by atoms with Gasteiger partial charge in [-0.3, -0.25) is 9.05 Å². The molecule has 0 aliphatic carbocycles. The van der Waals surface area contributed by atoms with Crippen LogP contribution in [0.4, 0.5) is 0 Å². The third-order valence-corrected chi connectivity index (χ3v) is 4.70. The quantitative estimate of drug-likeness (QED) is 0.604. The van der Waals surface area contributed by atoms with Crippen molar-refractivity contribution in [3.05, 3.63) is 11.5 Å². The molecule has 124 valence electrons. The maximum Gasteiger partial charge on any atom is 0.530 e. The molecule has 3 heterocycles. The van der Waals surface area contributed by atoms with E-state index in [1.807, 2.05) is 0 Å². The molecule has 0 spiro atoms. The van der Waals surface area contributed by atoms with Gasteiger partial charge < -0.3 is 23.8 Å². The number of rotatable bonds is 3. The molecule has 3 aliphatic heterocycles. The number of cyclic esters (lactones) is 1. The van der Waals surface area contributed by atoms with E-state index in [1.54, 1.807) is 13.8 Å². The van der Waals surface area contributed by atoms with Crippen LogP contribution in [0.3, 0.4) is 0 Å². The molecule has 2 fully saturated rings. The van der Waals surface area contributed by atoms with E-state index in [2.05, 4.69) is 0 Å². The number of hydrogen-bond donors (Lipinski definition) is 1. The summed E-state index contributed by atoms with van der Waals surface area (Å²) < 4.78 is 43.4. The molecule has 2 atom stereocenters. The maximum absolute atomic E-state index is 12.3. The first-order chi connectivity index (χ1) is 10.3. The molecule has 9 nitrogen and oxygen atoms in total. The predicted molar refractivity (Wildman–Crippen MR) is 69.7 cm³/mol. The highest BCUT2D eigenvalue weighted by Crippen LogP contribution is 2.55. The molecule has 10 heteroatoms. The van der Waals surface area contributed by atoms with E-state index in [-0.39, 0.29) is 25.6 Å². The minimum absolute atomic E-state index is 0.122. The number of esters is 1. The summed E-state index contributed by atoms with van der Waals surface area (Å²) in [6.07, 6.45) is -1.20. The second kappa shape index (κ2) is 5.50. The molecule has 2 saturated heterocycles. The lowest BCUT2D eigenvalue weighted by molar-refractivity contribution is -0.163. The Hall–Kier alpha value is -1.12. The first-order valence-corrected chi connectivity index (χ1v) is 8.30. The Balaban J connectivity index is 1.79. The number of phosphoric acid groups is 1. The summed E-state index contributed by atoms with van der Waals surface area (Å²) in [4.78, 5) is 11.6. The number of hydrogen-bond acceptors (Lipinski definition) is 9. The van der Waals surface area contributed by atoms with Gasteiger partial charge in [-0.15, -0.1) is 0 Å². The monoisotopic (exact) mass is 336 g/mol. The van der Waals surface area contributed by atoms with Gasteiger partial charge in [-0.05, 0) is 20.3 Å². The van der Waals surface area contributed by atoms with Gasteiger partial charge in [-0.1, -0.05) is 0 Å². The van der Waals surface area contributed by atoms with Crippen LogP contribution in [-0.2, 0) is 37.1 Å². The number of carbonyl (C=O) groups excluding carboxylic acids is 1. The van der Waals surface area contributed by atoms with Crippen LogP contribution in [-0.4, -0.2) is 48.9 Å². The summed E-state index contributed by atoms with van der Waals surface area (Å²) in [6.45, 7) is 3.91. The molecule has 3 rings (SSSR count). The third kappa shape index (κ3) is 3.00. The number of aliphatic hydroxyl groups is 1. The number of phosphoric ester groups is 1. The summed E-state index contributed by atoms with van der Waals surface area (Å²) in [5.74, 6) is -2.94. The smallest absolute Gasteiger partial charge is 0.499 e. The molecule has 0 aromatic carbocycles. The lowest BCUT2D eigenvalue weighted by Crippen LogP contribution is -2.33. The first-order valence-electron chi connectivity index (χ1n) is 6.84. The average Bonchev–Trinajstić information content (AvgIpc) is 2.94. The molecule has 0 saturated carbocycles. The Labute approximate surface area is 126 Å². The van der Waals surface area contributed by atoms with Crippen molar-refractivity contribution in [3.63, 3.8) is 0 Å². The van der Waals surface area contributed by atoms with Crippen LogP contribution in [0.2, 0.25) is 0 Å². The third-order valence-electron chi connectivity index (χ3n) is 3.28. The number of aliphatic hydroxyl groups excluding tert-OH is 1. The van der Waals surface area contributed by atoms with E-state index in [9.17, 15) is 14.5 Å². The first kappa shape index (κ1) is 15.8. The Bertz CT molecular complexity index is 545. The molecule has 0 unspecified atom stereocenters. The topological polar surface area (TPSA) is 110 Å². The summed E-state index contributed by atoms with van der Waals surface area (Å²) in [7, 11) is -3.88. The van der Waals surface area contributed by atoms with Gasteiger partial charge >= 0.3 is 13.8 Å². The van der Waals surface area contributed by atoms with Crippen LogP contribution < -0.4 is 0 Å². The van der Waals surface area contributed by atoms with Gasteiger partial charge in [0.1, 0.15) is 6.10 Å². The zero-order valence-corrected chi connectivity index (χ0v) is 13.0. The predicted octanol–water partition coefficient (Wildman–Crippen LogP) is 1.39. The average molecular weight is 336 g/mol. The van der Waals surface area contributed by atoms with Crippen LogP contribution in [0.25, 0.3) is 0 Å². The fraction of sp³-hybridized carbons (Fsp3) is 0.750. The van der Waals surface area contributed by atoms with Crippen molar-refractivity contribution in [2.45, 2.75) is 38.3 Å². The van der Waals surface area contributed by atoms with Gasteiger partial charge in [0.15, 0.2) is 11.9 Å². The van der Waals surface area contributed by atoms with Gasteiger partial charge in [0.2, 0.25) is 11.5 Å². The minimum atomic E-state index is -3.88. The van der Waals surface area contributed by atoms with Crippen molar-refractivity contribution in [2.24, 2.45) is 0 Å². The lowest BCUT2D eigenvalue weighted by atomic mass is 10.2. The Morgan fingerprint density at radius 2 is 2.00 bits per heavy atom. The van der Waals surface area contributed by atoms with E-state index in [1.165, 1.54) is 0 Å². The van der Waals surface area contributed by atoms with Crippen molar-refractivity contribution in [2.75, 3.05) is 19.8 Å². The molecule has 22 heavy (non-hydrogen) atoms. The van der Waals surface area contributed by atoms with E-state index >= 15 is 0 Å². The molecular formula is C12H17O9P. The van der Waals surface area contributed by atoms with Gasteiger partial charge in [-0.25, -0.2) is 9.36 Å². The summed E-state index contributed by atoms with van der Waals surface area (Å²) in [6, 6.07) is 0. The van der Waals surface area contributed by atoms with Gasteiger partial charge in [0, 0.05) is 0 Å². The lowest BCUT2D eigenvalue weighted by Gasteiger charge is -2.26. The SMILES string of the molecule is CC1(C)OC[C@@H]([C@H]2OC(=O)C(O)=C2OP2(=O)OCCCO2)O1. The molecule has 3 aliphatic rings. The maximum atomic E-state index is 12.3. The Kier molecular flexibility index (Phi) is 3.94. The highest BCUT2D eigenvalue weighted by Gasteiger charge is 2.50. The highest BCUT2D eigenvalue weighted by molar-refractivity contribution is 7.48. The zero-order valence-electron chi connectivity index (χ0n) is 12.1. The van der Waals surface area contributed by atoms with E-state index < -0.39 is 37.5 Å². The van der Waals surface area contributed by atoms with Crippen LogP contribution in [0.1, 0.15) is 20.3 Å². The van der Waals surface area contributed by atoms with E-state index in [4.69, 9.17) is 27.8 Å². The van der Waals surface area contributed by atoms with Crippen LogP contribution in [0.15, 0.2) is 11.5 Å². The number of carbonyl (C=O) groups is 1. The Morgan fingerprint density at radius 3 is 2.59 bits per heavy atom. The van der Waals surface area contributed by atoms with Crippen molar-refractivity contribution >= 4 is 13.8 Å². The molecule has 0 radical (unpaired) electrons. The van der Waals surface area contributed by atoms with E-state index in [0.717, 1.165) is 0 Å². The van der Waals surface area contributed by atoms with Crippen molar-refractivity contribution in [1.29, 1.82) is 0 Å². The van der Waals surface area contributed by atoms with Gasteiger partial charge in [0.05, 0.1) is 19.8 Å². The normalized spacial score (nSPS) is 33.8. The molecule has 0 aromatic heterocycles. The fourth-order valence-corrected chi connectivity index (χ4v) is 3.60.